The van der Waals surface area contributed by atoms with Crippen LogP contribution < -0.4 is 0 Å². The van der Waals surface area contributed by atoms with Crippen molar-refractivity contribution in [3.05, 3.63) is 54.6 Å². The molecule has 0 aliphatic rings. The van der Waals surface area contributed by atoms with Crippen LogP contribution in [0.4, 0.5) is 0 Å². The molecule has 5 heteroatoms. The van der Waals surface area contributed by atoms with Crippen LogP contribution in [0.1, 0.15) is 0 Å². The summed E-state index contributed by atoms with van der Waals surface area (Å²) in [5.41, 5.74) is 2.00. The Kier molecular flexibility index (Phi) is 4.89. The van der Waals surface area contributed by atoms with E-state index < -0.39 is 10.1 Å². The smallest absolute Gasteiger partial charge is 0.297 e. The van der Waals surface area contributed by atoms with Crippen molar-refractivity contribution in [3.8, 4) is 11.1 Å². The van der Waals surface area contributed by atoms with E-state index in [9.17, 15) is 8.42 Å². The van der Waals surface area contributed by atoms with Crippen molar-refractivity contribution in [2.75, 3.05) is 20.3 Å². The van der Waals surface area contributed by atoms with Gasteiger partial charge < -0.3 is 4.74 Å². The van der Waals surface area contributed by atoms with Crippen LogP contribution in [-0.4, -0.2) is 28.7 Å². The van der Waals surface area contributed by atoms with Gasteiger partial charge in [-0.05, 0) is 23.3 Å². The molecule has 4 nitrogen and oxygen atoms in total. The van der Waals surface area contributed by atoms with Gasteiger partial charge in [0.15, 0.2) is 0 Å². The van der Waals surface area contributed by atoms with Gasteiger partial charge in [0, 0.05) is 7.11 Å². The van der Waals surface area contributed by atoms with Gasteiger partial charge in [0.25, 0.3) is 10.1 Å². The van der Waals surface area contributed by atoms with Crippen molar-refractivity contribution in [1.82, 2.24) is 0 Å². The summed E-state index contributed by atoms with van der Waals surface area (Å²) in [4.78, 5) is 0.147. The Morgan fingerprint density at radius 3 is 2.05 bits per heavy atom. The second kappa shape index (κ2) is 6.65. The molecule has 106 valence electrons. The number of hydrogen-bond donors (Lipinski definition) is 0. The third-order valence-electron chi connectivity index (χ3n) is 2.78. The second-order valence-corrected chi connectivity index (χ2v) is 5.77. The minimum Gasteiger partial charge on any atom is -0.382 e. The molecular weight excluding hydrogens is 276 g/mol. The molecule has 0 atom stereocenters. The molecule has 0 N–H and O–H groups in total. The maximum atomic E-state index is 11.9. The first-order chi connectivity index (χ1) is 9.63. The van der Waals surface area contributed by atoms with Gasteiger partial charge in [-0.3, -0.25) is 4.18 Å². The van der Waals surface area contributed by atoms with Crippen molar-refractivity contribution >= 4 is 10.1 Å². The molecule has 0 aliphatic heterocycles. The van der Waals surface area contributed by atoms with E-state index in [2.05, 4.69) is 0 Å². The molecule has 0 bridgehead atoms. The van der Waals surface area contributed by atoms with Crippen LogP contribution in [0.3, 0.4) is 0 Å². The average molecular weight is 292 g/mol. The summed E-state index contributed by atoms with van der Waals surface area (Å²) in [6.07, 6.45) is 0. The topological polar surface area (TPSA) is 52.6 Å². The Morgan fingerprint density at radius 1 is 0.850 bits per heavy atom. The highest BCUT2D eigenvalue weighted by molar-refractivity contribution is 7.86. The van der Waals surface area contributed by atoms with E-state index in [0.29, 0.717) is 0 Å². The number of hydrogen-bond acceptors (Lipinski definition) is 4. The molecule has 0 heterocycles. The zero-order valence-corrected chi connectivity index (χ0v) is 12.0. The normalized spacial score (nSPS) is 11.4. The molecule has 0 saturated heterocycles. The molecule has 0 saturated carbocycles. The summed E-state index contributed by atoms with van der Waals surface area (Å²) in [5, 5.41) is 0. The van der Waals surface area contributed by atoms with Gasteiger partial charge in [0.05, 0.1) is 18.1 Å². The van der Waals surface area contributed by atoms with E-state index >= 15 is 0 Å². The summed E-state index contributed by atoms with van der Waals surface area (Å²) in [6.45, 7) is 0.251. The molecule has 0 unspecified atom stereocenters. The summed E-state index contributed by atoms with van der Waals surface area (Å²) >= 11 is 0. The van der Waals surface area contributed by atoms with E-state index in [1.807, 2.05) is 30.3 Å². The lowest BCUT2D eigenvalue weighted by molar-refractivity contribution is 0.149. The molecule has 0 amide bonds. The summed E-state index contributed by atoms with van der Waals surface area (Å²) < 4.78 is 33.4. The van der Waals surface area contributed by atoms with E-state index in [1.54, 1.807) is 24.3 Å². The van der Waals surface area contributed by atoms with Crippen molar-refractivity contribution in [2.45, 2.75) is 4.90 Å². The fourth-order valence-corrected chi connectivity index (χ4v) is 2.63. The van der Waals surface area contributed by atoms with Gasteiger partial charge in [-0.1, -0.05) is 42.5 Å². The minimum absolute atomic E-state index is 0.0132. The van der Waals surface area contributed by atoms with E-state index in [4.69, 9.17) is 8.92 Å². The first-order valence-corrected chi connectivity index (χ1v) is 7.58. The minimum atomic E-state index is -3.71. The maximum Gasteiger partial charge on any atom is 0.297 e. The Hall–Kier alpha value is -1.69. The lowest BCUT2D eigenvalue weighted by Crippen LogP contribution is -2.10. The van der Waals surface area contributed by atoms with Crippen LogP contribution in [0, 0.1) is 0 Å². The molecule has 20 heavy (non-hydrogen) atoms. The summed E-state index contributed by atoms with van der Waals surface area (Å²) in [7, 11) is -2.22. The SMILES string of the molecule is COCCOS(=O)(=O)c1ccc(-c2ccccc2)cc1. The number of ether oxygens (including phenoxy) is 1. The molecule has 2 rings (SSSR count). The molecular formula is C15H16O4S. The maximum absolute atomic E-state index is 11.9. The van der Waals surface area contributed by atoms with Gasteiger partial charge in [0.2, 0.25) is 0 Å². The largest absolute Gasteiger partial charge is 0.382 e. The molecule has 0 aliphatic carbocycles. The van der Waals surface area contributed by atoms with Crippen molar-refractivity contribution in [3.63, 3.8) is 0 Å². The number of benzene rings is 2. The van der Waals surface area contributed by atoms with Crippen molar-refractivity contribution in [2.24, 2.45) is 0 Å². The molecule has 2 aromatic rings. The zero-order valence-electron chi connectivity index (χ0n) is 11.2. The van der Waals surface area contributed by atoms with Crippen molar-refractivity contribution in [1.29, 1.82) is 0 Å². The van der Waals surface area contributed by atoms with Crippen LogP contribution in [0.25, 0.3) is 11.1 Å². The monoisotopic (exact) mass is 292 g/mol. The Bertz CT molecular complexity index is 633. The van der Waals surface area contributed by atoms with Crippen LogP contribution in [-0.2, 0) is 19.0 Å². The third-order valence-corrected chi connectivity index (χ3v) is 4.10. The van der Waals surface area contributed by atoms with Crippen molar-refractivity contribution < 1.29 is 17.3 Å². The van der Waals surface area contributed by atoms with Crippen LogP contribution in [0.2, 0.25) is 0 Å². The number of rotatable bonds is 6. The summed E-state index contributed by atoms with van der Waals surface area (Å²) in [6, 6.07) is 16.4. The molecule has 0 fully saturated rings. The lowest BCUT2D eigenvalue weighted by Gasteiger charge is -2.06. The van der Waals surface area contributed by atoms with Gasteiger partial charge in [-0.25, -0.2) is 0 Å². The number of methoxy groups -OCH3 is 1. The highest BCUT2D eigenvalue weighted by Gasteiger charge is 2.14. The fraction of sp³-hybridized carbons (Fsp3) is 0.200. The average Bonchev–Trinajstić information content (AvgIpc) is 2.48. The van der Waals surface area contributed by atoms with E-state index in [-0.39, 0.29) is 18.1 Å². The van der Waals surface area contributed by atoms with Gasteiger partial charge >= 0.3 is 0 Å². The predicted octanol–water partition coefficient (Wildman–Crippen LogP) is 2.71. The quantitative estimate of drug-likeness (QED) is 0.607. The molecule has 0 spiro atoms. The van der Waals surface area contributed by atoms with E-state index in [1.165, 1.54) is 7.11 Å². The van der Waals surface area contributed by atoms with Gasteiger partial charge in [0.1, 0.15) is 0 Å². The van der Waals surface area contributed by atoms with Gasteiger partial charge in [-0.15, -0.1) is 0 Å². The van der Waals surface area contributed by atoms with Crippen LogP contribution in [0.15, 0.2) is 59.5 Å². The predicted molar refractivity (Wildman–Crippen MR) is 76.9 cm³/mol. The fourth-order valence-electron chi connectivity index (χ4n) is 1.74. The molecule has 0 radical (unpaired) electrons. The lowest BCUT2D eigenvalue weighted by atomic mass is 10.1. The third kappa shape index (κ3) is 3.66. The highest BCUT2D eigenvalue weighted by Crippen LogP contribution is 2.21. The van der Waals surface area contributed by atoms with Crippen LogP contribution in [0.5, 0.6) is 0 Å². The Labute approximate surface area is 119 Å². The first kappa shape index (κ1) is 14.7. The zero-order chi connectivity index (χ0) is 14.4. The second-order valence-electron chi connectivity index (χ2n) is 4.16. The first-order valence-electron chi connectivity index (χ1n) is 6.17. The Balaban J connectivity index is 2.16. The molecule has 2 aromatic carbocycles. The van der Waals surface area contributed by atoms with Gasteiger partial charge in [-0.2, -0.15) is 8.42 Å². The standard InChI is InChI=1S/C15H16O4S/c1-18-11-12-19-20(16,17)15-9-7-14(8-10-15)13-5-3-2-4-6-13/h2-10H,11-12H2,1H3. The highest BCUT2D eigenvalue weighted by atomic mass is 32.2. The Morgan fingerprint density at radius 2 is 1.45 bits per heavy atom. The molecule has 0 aromatic heterocycles. The van der Waals surface area contributed by atoms with Crippen LogP contribution >= 0.6 is 0 Å². The summed E-state index contributed by atoms with van der Waals surface area (Å²) in [5.74, 6) is 0. The van der Waals surface area contributed by atoms with E-state index in [0.717, 1.165) is 11.1 Å².